The Labute approximate surface area is 66.5 Å². The van der Waals surface area contributed by atoms with Crippen LogP contribution in [-0.2, 0) is 4.79 Å². The quantitative estimate of drug-likeness (QED) is 0.655. The molecule has 9 heteroatoms. The second kappa shape index (κ2) is 2.74. The molecule has 0 aromatic rings. The summed E-state index contributed by atoms with van der Waals surface area (Å²) in [5.74, 6) is -3.13. The second-order valence-electron chi connectivity index (χ2n) is 2.02. The summed E-state index contributed by atoms with van der Waals surface area (Å²) in [6.07, 6.45) is -12.8. The number of amides is 1. The van der Waals surface area contributed by atoms with Gasteiger partial charge in [-0.15, -0.1) is 0 Å². The summed E-state index contributed by atoms with van der Waals surface area (Å²) in [6.45, 7) is 0. The van der Waals surface area contributed by atoms with Crippen LogP contribution >= 0.6 is 0 Å². The molecule has 0 saturated carbocycles. The zero-order valence-corrected chi connectivity index (χ0v) is 5.63. The Balaban J connectivity index is 5.35. The van der Waals surface area contributed by atoms with Crippen molar-refractivity contribution in [3.05, 3.63) is 0 Å². The fraction of sp³-hybridized carbons (Fsp3) is 0.750. The monoisotopic (exact) mass is 213 g/mol. The number of carbonyl (C=O) groups is 1. The molecule has 13 heavy (non-hydrogen) atoms. The maximum Gasteiger partial charge on any atom is 0.441 e. The van der Waals surface area contributed by atoms with Gasteiger partial charge >= 0.3 is 18.0 Å². The van der Waals surface area contributed by atoms with E-state index < -0.39 is 23.9 Å². The number of hydrogen-bond donors (Lipinski definition) is 1. The molecule has 0 radical (unpaired) electrons. The van der Waals surface area contributed by atoms with Crippen molar-refractivity contribution in [2.75, 3.05) is 0 Å². The maximum atomic E-state index is 12.2. The Morgan fingerprint density at radius 3 is 1.08 bits per heavy atom. The first kappa shape index (κ1) is 12.0. The van der Waals surface area contributed by atoms with Gasteiger partial charge in [-0.3, -0.25) is 4.79 Å². The lowest BCUT2D eigenvalue weighted by molar-refractivity contribution is -0.324. The maximum absolute atomic E-state index is 12.2. The van der Waals surface area contributed by atoms with Gasteiger partial charge in [-0.1, -0.05) is 0 Å². The number of hydrogen-bond acceptors (Lipinski definition) is 1. The van der Waals surface area contributed by atoms with Gasteiger partial charge in [-0.2, -0.15) is 26.3 Å². The molecule has 0 rings (SSSR count). The number of carbonyl (C=O) groups excluding carboxylic acids is 1. The molecule has 2 nitrogen and oxygen atoms in total. The molecule has 0 heterocycles. The standard InChI is InChI=1S/C4H2F7NO/c5-2(1(12)13,3(6,7)8)4(9,10)11/h(H2,12,13). The predicted molar refractivity (Wildman–Crippen MR) is 25.1 cm³/mol. The Morgan fingerprint density at radius 2 is 1.08 bits per heavy atom. The van der Waals surface area contributed by atoms with E-state index in [0.717, 1.165) is 0 Å². The Bertz CT molecular complexity index is 202. The van der Waals surface area contributed by atoms with Crippen LogP contribution < -0.4 is 5.73 Å². The van der Waals surface area contributed by atoms with Crippen LogP contribution in [0.5, 0.6) is 0 Å². The smallest absolute Gasteiger partial charge is 0.366 e. The van der Waals surface area contributed by atoms with E-state index in [-0.39, 0.29) is 0 Å². The Morgan fingerprint density at radius 1 is 0.846 bits per heavy atom. The minimum absolute atomic E-state index is 3.13. The summed E-state index contributed by atoms with van der Waals surface area (Å²) in [5, 5.41) is 0. The highest BCUT2D eigenvalue weighted by Crippen LogP contribution is 2.45. The van der Waals surface area contributed by atoms with Gasteiger partial charge in [0.25, 0.3) is 5.91 Å². The van der Waals surface area contributed by atoms with E-state index in [2.05, 4.69) is 5.73 Å². The first-order valence-electron chi connectivity index (χ1n) is 2.57. The second-order valence-corrected chi connectivity index (χ2v) is 2.02. The van der Waals surface area contributed by atoms with Gasteiger partial charge in [-0.05, 0) is 0 Å². The third-order valence-electron chi connectivity index (χ3n) is 1.12. The largest absolute Gasteiger partial charge is 0.441 e. The van der Waals surface area contributed by atoms with Crippen LogP contribution in [0.4, 0.5) is 30.7 Å². The third kappa shape index (κ3) is 1.68. The average Bonchev–Trinajstić information content (AvgIpc) is 1.80. The molecule has 0 aliphatic heterocycles. The van der Waals surface area contributed by atoms with Gasteiger partial charge in [-0.25, -0.2) is 4.39 Å². The molecule has 0 atom stereocenters. The van der Waals surface area contributed by atoms with E-state index in [1.165, 1.54) is 0 Å². The van der Waals surface area contributed by atoms with Crippen molar-refractivity contribution in [1.29, 1.82) is 0 Å². The summed E-state index contributed by atoms with van der Waals surface area (Å²) >= 11 is 0. The van der Waals surface area contributed by atoms with E-state index in [4.69, 9.17) is 0 Å². The lowest BCUT2D eigenvalue weighted by Crippen LogP contribution is -2.61. The van der Waals surface area contributed by atoms with Crippen LogP contribution in [0, 0.1) is 0 Å². The van der Waals surface area contributed by atoms with Crippen LogP contribution in [0.3, 0.4) is 0 Å². The molecule has 0 fully saturated rings. The van der Waals surface area contributed by atoms with Crippen LogP contribution in [0.15, 0.2) is 0 Å². The highest BCUT2D eigenvalue weighted by atomic mass is 19.4. The van der Waals surface area contributed by atoms with Crippen molar-refractivity contribution >= 4 is 5.91 Å². The van der Waals surface area contributed by atoms with Crippen molar-refractivity contribution in [3.8, 4) is 0 Å². The normalized spacial score (nSPS) is 14.4. The molecule has 0 aromatic carbocycles. The van der Waals surface area contributed by atoms with Crippen molar-refractivity contribution in [3.63, 3.8) is 0 Å². The van der Waals surface area contributed by atoms with E-state index in [1.807, 2.05) is 0 Å². The molecule has 78 valence electrons. The number of alkyl halides is 7. The zero-order chi connectivity index (χ0) is 11.1. The molecular weight excluding hydrogens is 211 g/mol. The molecule has 0 bridgehead atoms. The highest BCUT2D eigenvalue weighted by Gasteiger charge is 2.76. The summed E-state index contributed by atoms with van der Waals surface area (Å²) < 4.78 is 80.9. The summed E-state index contributed by atoms with van der Waals surface area (Å²) in [7, 11) is 0. The Hall–Kier alpha value is -1.02. The molecule has 0 spiro atoms. The molecule has 1 amide bonds. The summed E-state index contributed by atoms with van der Waals surface area (Å²) in [4.78, 5) is 9.72. The Kier molecular flexibility index (Phi) is 2.52. The molecule has 0 aromatic heterocycles. The molecule has 0 saturated heterocycles. The molecule has 0 unspecified atom stereocenters. The minimum Gasteiger partial charge on any atom is -0.366 e. The van der Waals surface area contributed by atoms with Crippen molar-refractivity contribution in [1.82, 2.24) is 0 Å². The van der Waals surface area contributed by atoms with Gasteiger partial charge in [0, 0.05) is 0 Å². The van der Waals surface area contributed by atoms with E-state index in [9.17, 15) is 35.5 Å². The van der Waals surface area contributed by atoms with Crippen molar-refractivity contribution in [2.45, 2.75) is 18.0 Å². The summed E-state index contributed by atoms with van der Waals surface area (Å²) in [5.41, 5.74) is -2.30. The predicted octanol–water partition coefficient (Wildman–Crippen LogP) is 1.30. The zero-order valence-electron chi connectivity index (χ0n) is 5.63. The van der Waals surface area contributed by atoms with E-state index in [0.29, 0.717) is 0 Å². The van der Waals surface area contributed by atoms with Gasteiger partial charge in [0.1, 0.15) is 0 Å². The van der Waals surface area contributed by atoms with Gasteiger partial charge < -0.3 is 5.73 Å². The van der Waals surface area contributed by atoms with Gasteiger partial charge in [0.15, 0.2) is 0 Å². The van der Waals surface area contributed by atoms with Crippen LogP contribution in [0.25, 0.3) is 0 Å². The molecule has 0 aliphatic rings. The molecular formula is C4H2F7NO. The van der Waals surface area contributed by atoms with Crippen molar-refractivity contribution in [2.24, 2.45) is 5.73 Å². The number of nitrogens with two attached hydrogens (primary N) is 1. The number of halogens is 7. The van der Waals surface area contributed by atoms with E-state index in [1.54, 1.807) is 0 Å². The number of primary amides is 1. The third-order valence-corrected chi connectivity index (χ3v) is 1.12. The molecule has 0 aliphatic carbocycles. The fourth-order valence-corrected chi connectivity index (χ4v) is 0.440. The fourth-order valence-electron chi connectivity index (χ4n) is 0.440. The highest BCUT2D eigenvalue weighted by molar-refractivity contribution is 5.85. The van der Waals surface area contributed by atoms with Crippen LogP contribution in [-0.4, -0.2) is 23.9 Å². The first-order valence-corrected chi connectivity index (χ1v) is 2.57. The number of rotatable bonds is 1. The lowest BCUT2D eigenvalue weighted by Gasteiger charge is -2.26. The van der Waals surface area contributed by atoms with Gasteiger partial charge in [0.2, 0.25) is 0 Å². The minimum atomic E-state index is -6.41. The average molecular weight is 213 g/mol. The molecule has 2 N–H and O–H groups in total. The van der Waals surface area contributed by atoms with Crippen LogP contribution in [0.1, 0.15) is 0 Å². The lowest BCUT2D eigenvalue weighted by atomic mass is 10.1. The summed E-state index contributed by atoms with van der Waals surface area (Å²) in [6, 6.07) is 0. The van der Waals surface area contributed by atoms with Crippen LogP contribution in [0.2, 0.25) is 0 Å². The first-order chi connectivity index (χ1) is 5.44. The van der Waals surface area contributed by atoms with Gasteiger partial charge in [0.05, 0.1) is 0 Å². The SMILES string of the molecule is NC(=O)C(F)(C(F)(F)F)C(F)(F)F. The topological polar surface area (TPSA) is 43.1 Å². The van der Waals surface area contributed by atoms with E-state index >= 15 is 0 Å². The van der Waals surface area contributed by atoms with Crippen molar-refractivity contribution < 1.29 is 35.5 Å².